The van der Waals surface area contributed by atoms with Gasteiger partial charge in [-0.05, 0) is 30.3 Å². The minimum atomic E-state index is 0.344. The van der Waals surface area contributed by atoms with E-state index in [0.717, 1.165) is 24.5 Å². The van der Waals surface area contributed by atoms with Crippen LogP contribution in [-0.4, -0.2) is 57.3 Å². The first-order valence-corrected chi connectivity index (χ1v) is 8.58. The van der Waals surface area contributed by atoms with E-state index in [1.807, 2.05) is 12.1 Å². The van der Waals surface area contributed by atoms with Gasteiger partial charge in [0.05, 0.1) is 25.5 Å². The number of anilines is 2. The zero-order chi connectivity index (χ0) is 18.4. The van der Waals surface area contributed by atoms with Crippen molar-refractivity contribution in [2.45, 2.75) is 0 Å². The predicted octanol–water partition coefficient (Wildman–Crippen LogP) is 1.94. The van der Waals surface area contributed by atoms with E-state index in [0.29, 0.717) is 49.1 Å². The number of nitrogens with zero attached hydrogens (tertiary/aromatic N) is 2. The van der Waals surface area contributed by atoms with Crippen molar-refractivity contribution in [3.63, 3.8) is 0 Å². The Kier molecular flexibility index (Phi) is 6.04. The summed E-state index contributed by atoms with van der Waals surface area (Å²) in [5.74, 6) is 1.51. The number of benzene rings is 1. The Morgan fingerprint density at radius 2 is 2.04 bits per heavy atom. The molecular formula is C19H24N4O3. The second-order valence-electron chi connectivity index (χ2n) is 5.97. The van der Waals surface area contributed by atoms with Crippen LogP contribution in [0.2, 0.25) is 0 Å². The molecule has 3 rings (SSSR count). The minimum absolute atomic E-state index is 0.344. The van der Waals surface area contributed by atoms with Crippen LogP contribution in [-0.2, 0) is 9.47 Å². The predicted molar refractivity (Wildman–Crippen MR) is 101 cm³/mol. The number of rotatable bonds is 7. The van der Waals surface area contributed by atoms with Crippen LogP contribution < -0.4 is 15.4 Å². The van der Waals surface area contributed by atoms with Crippen LogP contribution in [0.5, 0.6) is 5.75 Å². The van der Waals surface area contributed by atoms with Gasteiger partial charge in [0.15, 0.2) is 0 Å². The lowest BCUT2D eigenvalue weighted by atomic mass is 10.0. The quantitative estimate of drug-likeness (QED) is 0.447. The second-order valence-corrected chi connectivity index (χ2v) is 5.97. The average molecular weight is 356 g/mol. The Morgan fingerprint density at radius 1 is 1.23 bits per heavy atom. The van der Waals surface area contributed by atoms with E-state index in [1.54, 1.807) is 31.5 Å². The topological polar surface area (TPSA) is 93.7 Å². The van der Waals surface area contributed by atoms with E-state index in [2.05, 4.69) is 9.88 Å². The van der Waals surface area contributed by atoms with Crippen molar-refractivity contribution < 1.29 is 14.2 Å². The summed E-state index contributed by atoms with van der Waals surface area (Å²) in [7, 11) is 1.63. The van der Waals surface area contributed by atoms with Gasteiger partial charge in [-0.25, -0.2) is 4.98 Å². The van der Waals surface area contributed by atoms with Gasteiger partial charge in [0.1, 0.15) is 18.2 Å². The fourth-order valence-electron chi connectivity index (χ4n) is 2.78. The third-order valence-electron chi connectivity index (χ3n) is 4.22. The van der Waals surface area contributed by atoms with Crippen LogP contribution in [0, 0.1) is 5.41 Å². The molecule has 0 unspecified atom stereocenters. The summed E-state index contributed by atoms with van der Waals surface area (Å²) in [5.41, 5.74) is 8.39. The van der Waals surface area contributed by atoms with Crippen molar-refractivity contribution in [2.75, 3.05) is 57.3 Å². The molecule has 1 fully saturated rings. The molecule has 0 radical (unpaired) electrons. The minimum Gasteiger partial charge on any atom is -0.491 e. The molecular weight excluding hydrogens is 332 g/mol. The Labute approximate surface area is 153 Å². The maximum Gasteiger partial charge on any atom is 0.129 e. The molecule has 0 saturated carbocycles. The molecule has 0 bridgehead atoms. The lowest BCUT2D eigenvalue weighted by molar-refractivity contribution is 0.122. The summed E-state index contributed by atoms with van der Waals surface area (Å²) in [6.07, 6.45) is 1.73. The zero-order valence-electron chi connectivity index (χ0n) is 14.9. The number of pyridine rings is 1. The Balaban J connectivity index is 1.81. The molecule has 1 aromatic carbocycles. The van der Waals surface area contributed by atoms with Crippen LogP contribution in [0.15, 0.2) is 36.5 Å². The molecule has 0 atom stereocenters. The number of hydrogen-bond donors (Lipinski definition) is 2. The van der Waals surface area contributed by atoms with Gasteiger partial charge in [0.2, 0.25) is 0 Å². The van der Waals surface area contributed by atoms with Crippen LogP contribution in [0.4, 0.5) is 11.5 Å². The molecule has 1 aliphatic rings. The van der Waals surface area contributed by atoms with Gasteiger partial charge >= 0.3 is 0 Å². The SMILES string of the molecule is COCCOc1ccc(N)c(C(=N)c2ccnc(N3CCOCC3)c2)c1. The van der Waals surface area contributed by atoms with Gasteiger partial charge in [-0.3, -0.25) is 5.41 Å². The number of nitrogens with two attached hydrogens (primary N) is 1. The summed E-state index contributed by atoms with van der Waals surface area (Å²) in [6, 6.07) is 9.10. The van der Waals surface area contributed by atoms with Crippen molar-refractivity contribution in [3.05, 3.63) is 47.7 Å². The van der Waals surface area contributed by atoms with Crippen LogP contribution in [0.25, 0.3) is 0 Å². The second kappa shape index (κ2) is 8.64. The number of hydrogen-bond acceptors (Lipinski definition) is 7. The van der Waals surface area contributed by atoms with Gasteiger partial charge in [-0.1, -0.05) is 0 Å². The molecule has 0 spiro atoms. The van der Waals surface area contributed by atoms with E-state index < -0.39 is 0 Å². The van der Waals surface area contributed by atoms with Crippen molar-refractivity contribution in [2.24, 2.45) is 0 Å². The number of ether oxygens (including phenoxy) is 3. The maximum absolute atomic E-state index is 8.60. The molecule has 0 amide bonds. The zero-order valence-corrected chi connectivity index (χ0v) is 14.9. The van der Waals surface area contributed by atoms with Gasteiger partial charge in [0.25, 0.3) is 0 Å². The Morgan fingerprint density at radius 3 is 2.81 bits per heavy atom. The van der Waals surface area contributed by atoms with Crippen LogP contribution in [0.1, 0.15) is 11.1 Å². The third kappa shape index (κ3) is 4.30. The Hall–Kier alpha value is -2.64. The third-order valence-corrected chi connectivity index (χ3v) is 4.22. The number of nitrogen functional groups attached to an aromatic ring is 1. The largest absolute Gasteiger partial charge is 0.491 e. The van der Waals surface area contributed by atoms with E-state index in [-0.39, 0.29) is 0 Å². The molecule has 0 aliphatic carbocycles. The first kappa shape index (κ1) is 18.2. The van der Waals surface area contributed by atoms with Crippen molar-refractivity contribution >= 4 is 17.2 Å². The van der Waals surface area contributed by atoms with Crippen molar-refractivity contribution in [1.29, 1.82) is 5.41 Å². The van der Waals surface area contributed by atoms with Gasteiger partial charge in [-0.15, -0.1) is 0 Å². The lowest BCUT2D eigenvalue weighted by Gasteiger charge is -2.28. The summed E-state index contributed by atoms with van der Waals surface area (Å²) in [6.45, 7) is 3.94. The smallest absolute Gasteiger partial charge is 0.129 e. The van der Waals surface area contributed by atoms with E-state index in [9.17, 15) is 0 Å². The highest BCUT2D eigenvalue weighted by Crippen LogP contribution is 2.24. The summed E-state index contributed by atoms with van der Waals surface area (Å²) >= 11 is 0. The first-order valence-electron chi connectivity index (χ1n) is 8.58. The molecule has 1 saturated heterocycles. The summed E-state index contributed by atoms with van der Waals surface area (Å²) < 4.78 is 16.0. The number of methoxy groups -OCH3 is 1. The average Bonchev–Trinajstić information content (AvgIpc) is 2.70. The fourth-order valence-corrected chi connectivity index (χ4v) is 2.78. The van der Waals surface area contributed by atoms with Crippen LogP contribution >= 0.6 is 0 Å². The number of morpholine rings is 1. The van der Waals surface area contributed by atoms with Gasteiger partial charge in [0, 0.05) is 43.2 Å². The first-order chi connectivity index (χ1) is 12.7. The number of nitrogens with one attached hydrogen (secondary N) is 1. The summed E-state index contributed by atoms with van der Waals surface area (Å²) in [4.78, 5) is 6.59. The molecule has 1 aromatic heterocycles. The Bertz CT molecular complexity index is 760. The normalized spacial score (nSPS) is 14.3. The summed E-state index contributed by atoms with van der Waals surface area (Å²) in [5, 5.41) is 8.60. The standard InChI is InChI=1S/C19H24N4O3/c1-24-10-11-26-15-2-3-17(20)16(13-15)19(21)14-4-5-22-18(12-14)23-6-8-25-9-7-23/h2-5,12-13,21H,6-11,20H2,1H3. The van der Waals surface area contributed by atoms with Crippen LogP contribution in [0.3, 0.4) is 0 Å². The molecule has 2 heterocycles. The van der Waals surface area contributed by atoms with E-state index in [4.69, 9.17) is 25.4 Å². The molecule has 7 nitrogen and oxygen atoms in total. The van der Waals surface area contributed by atoms with Crippen molar-refractivity contribution in [3.8, 4) is 5.75 Å². The fraction of sp³-hybridized carbons (Fsp3) is 0.368. The number of aromatic nitrogens is 1. The van der Waals surface area contributed by atoms with Crippen molar-refractivity contribution in [1.82, 2.24) is 4.98 Å². The molecule has 3 N–H and O–H groups in total. The molecule has 138 valence electrons. The maximum atomic E-state index is 8.60. The monoisotopic (exact) mass is 356 g/mol. The molecule has 7 heteroatoms. The lowest BCUT2D eigenvalue weighted by Crippen LogP contribution is -2.36. The molecule has 26 heavy (non-hydrogen) atoms. The highest BCUT2D eigenvalue weighted by atomic mass is 16.5. The van der Waals surface area contributed by atoms with Gasteiger partial charge < -0.3 is 24.8 Å². The molecule has 2 aromatic rings. The highest BCUT2D eigenvalue weighted by molar-refractivity contribution is 6.14. The van der Waals surface area contributed by atoms with E-state index >= 15 is 0 Å². The van der Waals surface area contributed by atoms with E-state index in [1.165, 1.54) is 0 Å². The van der Waals surface area contributed by atoms with Gasteiger partial charge in [-0.2, -0.15) is 0 Å². The highest BCUT2D eigenvalue weighted by Gasteiger charge is 2.15. The molecule has 1 aliphatic heterocycles.